The van der Waals surface area contributed by atoms with Crippen molar-refractivity contribution >= 4 is 21.0 Å². The average Bonchev–Trinajstić information content (AvgIpc) is 1.35. The molecule has 0 saturated heterocycles. The highest BCUT2D eigenvalue weighted by molar-refractivity contribution is 8.85. The fourth-order valence-electron chi connectivity index (χ4n) is 0. The molecule has 0 aromatic heterocycles. The van der Waals surface area contributed by atoms with Gasteiger partial charge < -0.3 is 4.18 Å². The van der Waals surface area contributed by atoms with Crippen LogP contribution in [0.4, 0.5) is 0 Å². The summed E-state index contributed by atoms with van der Waals surface area (Å²) in [5.41, 5.74) is 0. The van der Waals surface area contributed by atoms with Gasteiger partial charge in [0.25, 0.3) is 0 Å². The van der Waals surface area contributed by atoms with E-state index in [1.165, 1.54) is 0 Å². The van der Waals surface area contributed by atoms with Crippen molar-refractivity contribution in [2.75, 3.05) is 19.6 Å². The molecule has 0 heterocycles. The fraction of sp³-hybridized carbons (Fsp3) is 1.00. The first-order valence-electron chi connectivity index (χ1n) is 1.57. The van der Waals surface area contributed by atoms with Gasteiger partial charge in [0.2, 0.25) is 0 Å². The van der Waals surface area contributed by atoms with E-state index in [4.69, 9.17) is 4.18 Å². The van der Waals surface area contributed by atoms with Gasteiger partial charge in [-0.15, -0.1) is 11.7 Å². The van der Waals surface area contributed by atoms with Crippen molar-refractivity contribution in [2.24, 2.45) is 0 Å². The molecule has 0 amide bonds. The van der Waals surface area contributed by atoms with Crippen LogP contribution in [-0.2, 0) is 4.18 Å². The maximum atomic E-state index is 4.89. The second-order valence-corrected chi connectivity index (χ2v) is 6.68. The Bertz CT molecular complexity index is 38.5. The van der Waals surface area contributed by atoms with Crippen LogP contribution in [0.15, 0.2) is 0 Å². The Morgan fingerprint density at radius 1 is 1.50 bits per heavy atom. The van der Waals surface area contributed by atoms with Crippen molar-refractivity contribution in [1.29, 1.82) is 0 Å². The van der Waals surface area contributed by atoms with Gasteiger partial charge in [-0.1, -0.05) is 9.34 Å². The third kappa shape index (κ3) is 4.66. The van der Waals surface area contributed by atoms with Gasteiger partial charge in [0.1, 0.15) is 0 Å². The molecule has 0 rings (SSSR count). The fourth-order valence-corrected chi connectivity index (χ4v) is 0. The Kier molecular flexibility index (Phi) is 2.33. The lowest BCUT2D eigenvalue weighted by Crippen LogP contribution is -1.84. The Balaban J connectivity index is 3.17. The van der Waals surface area contributed by atoms with E-state index in [9.17, 15) is 0 Å². The zero-order valence-corrected chi connectivity index (χ0v) is 5.97. The highest BCUT2D eigenvalue weighted by Crippen LogP contribution is 2.44. The predicted molar refractivity (Wildman–Crippen MR) is 35.4 cm³/mol. The molecular weight excluding hydrogens is 116 g/mol. The Hall–Kier alpha value is 0.660. The molecule has 0 bridgehead atoms. The molecule has 0 aliphatic carbocycles. The third-order valence-corrected chi connectivity index (χ3v) is 1.67. The summed E-state index contributed by atoms with van der Waals surface area (Å²) in [5, 5.41) is 0. The second-order valence-electron chi connectivity index (χ2n) is 1.35. The topological polar surface area (TPSA) is 9.23 Å². The maximum absolute atomic E-state index is 4.89. The highest BCUT2D eigenvalue weighted by Gasteiger charge is 1.97. The minimum atomic E-state index is -0.968. The molecule has 0 unspecified atom stereocenters. The summed E-state index contributed by atoms with van der Waals surface area (Å²) in [5.74, 6) is 0. The molecule has 0 atom stereocenters. The van der Waals surface area contributed by atoms with E-state index in [1.807, 2.05) is 12.5 Å². The van der Waals surface area contributed by atoms with E-state index >= 15 is 0 Å². The van der Waals surface area contributed by atoms with Crippen molar-refractivity contribution in [3.63, 3.8) is 0 Å². The molecular formula is C3H10OS2. The zero-order chi connectivity index (χ0) is 5.21. The van der Waals surface area contributed by atoms with E-state index in [1.54, 1.807) is 7.11 Å². The number of thiol groups is 1. The van der Waals surface area contributed by atoms with Crippen LogP contribution in [0.2, 0.25) is 0 Å². The lowest BCUT2D eigenvalue weighted by Gasteiger charge is -2.19. The van der Waals surface area contributed by atoms with Crippen LogP contribution in [0.25, 0.3) is 0 Å². The van der Waals surface area contributed by atoms with Crippen LogP contribution in [0.1, 0.15) is 0 Å². The minimum absolute atomic E-state index is 0.968. The normalized spacial score (nSPS) is 14.7. The average molecular weight is 126 g/mol. The molecule has 6 heavy (non-hydrogen) atoms. The zero-order valence-electron chi connectivity index (χ0n) is 4.26. The summed E-state index contributed by atoms with van der Waals surface area (Å²) in [6.07, 6.45) is 3.94. The molecule has 0 radical (unpaired) electrons. The first-order chi connectivity index (χ1) is 2.56. The van der Waals surface area contributed by atoms with Gasteiger partial charge in [-0.25, -0.2) is 0 Å². The van der Waals surface area contributed by atoms with Crippen LogP contribution in [0, 0.1) is 0 Å². The Morgan fingerprint density at radius 2 is 1.67 bits per heavy atom. The standard InChI is InChI=1S/C3H10OS2/c1-4-6(2,3)5/h5H,1-3H3. The molecule has 0 saturated carbocycles. The summed E-state index contributed by atoms with van der Waals surface area (Å²) >= 11 is 4.12. The van der Waals surface area contributed by atoms with Crippen LogP contribution >= 0.6 is 21.0 Å². The van der Waals surface area contributed by atoms with Gasteiger partial charge in [-0.05, 0) is 12.5 Å². The largest absolute Gasteiger partial charge is 0.331 e. The highest BCUT2D eigenvalue weighted by atomic mass is 33.1. The SMILES string of the molecule is COS(C)(C)S. The molecule has 0 spiro atoms. The van der Waals surface area contributed by atoms with E-state index < -0.39 is 9.34 Å². The van der Waals surface area contributed by atoms with Gasteiger partial charge in [0.15, 0.2) is 0 Å². The van der Waals surface area contributed by atoms with Gasteiger partial charge >= 0.3 is 0 Å². The van der Waals surface area contributed by atoms with Crippen LogP contribution in [-0.4, -0.2) is 19.6 Å². The van der Waals surface area contributed by atoms with Gasteiger partial charge in [0, 0.05) is 7.11 Å². The summed E-state index contributed by atoms with van der Waals surface area (Å²) in [4.78, 5) is 0. The maximum Gasteiger partial charge on any atom is 0.0491 e. The first-order valence-corrected chi connectivity index (χ1v) is 5.00. The van der Waals surface area contributed by atoms with E-state index in [-0.39, 0.29) is 0 Å². The molecule has 3 heteroatoms. The van der Waals surface area contributed by atoms with Gasteiger partial charge in [-0.3, -0.25) is 0 Å². The van der Waals surface area contributed by atoms with Gasteiger partial charge in [0.05, 0.1) is 0 Å². The van der Waals surface area contributed by atoms with Crippen molar-refractivity contribution in [2.45, 2.75) is 0 Å². The Morgan fingerprint density at radius 3 is 1.67 bits per heavy atom. The molecule has 0 aliphatic rings. The van der Waals surface area contributed by atoms with E-state index in [0.717, 1.165) is 0 Å². The molecule has 0 aromatic carbocycles. The molecule has 0 aromatic rings. The summed E-state index contributed by atoms with van der Waals surface area (Å²) < 4.78 is 4.89. The lowest BCUT2D eigenvalue weighted by atomic mass is 11.8. The predicted octanol–water partition coefficient (Wildman–Crippen LogP) is 1.46. The lowest BCUT2D eigenvalue weighted by molar-refractivity contribution is 0.481. The van der Waals surface area contributed by atoms with Crippen LogP contribution in [0.3, 0.4) is 0 Å². The number of hydrogen-bond donors (Lipinski definition) is 1. The number of hydrogen-bond acceptors (Lipinski definition) is 2. The molecule has 40 valence electrons. The quantitative estimate of drug-likeness (QED) is 0.413. The minimum Gasteiger partial charge on any atom is -0.331 e. The summed E-state index contributed by atoms with van der Waals surface area (Å²) in [7, 11) is 0.701. The first kappa shape index (κ1) is 6.66. The second kappa shape index (κ2) is 2.09. The monoisotopic (exact) mass is 126 g/mol. The van der Waals surface area contributed by atoms with Crippen molar-refractivity contribution < 1.29 is 4.18 Å². The van der Waals surface area contributed by atoms with Crippen LogP contribution < -0.4 is 0 Å². The van der Waals surface area contributed by atoms with Crippen LogP contribution in [0.5, 0.6) is 0 Å². The summed E-state index contributed by atoms with van der Waals surface area (Å²) in [6.45, 7) is 0. The van der Waals surface area contributed by atoms with E-state index in [0.29, 0.717) is 0 Å². The third-order valence-electron chi connectivity index (χ3n) is 0.408. The Labute approximate surface area is 45.4 Å². The summed E-state index contributed by atoms with van der Waals surface area (Å²) in [6, 6.07) is 0. The van der Waals surface area contributed by atoms with Crippen molar-refractivity contribution in [3.05, 3.63) is 0 Å². The molecule has 0 fully saturated rings. The van der Waals surface area contributed by atoms with Gasteiger partial charge in [-0.2, -0.15) is 0 Å². The molecule has 0 aliphatic heterocycles. The molecule has 0 N–H and O–H groups in total. The van der Waals surface area contributed by atoms with Crippen molar-refractivity contribution in [1.82, 2.24) is 0 Å². The number of rotatable bonds is 1. The molecule has 1 nitrogen and oxygen atoms in total. The van der Waals surface area contributed by atoms with Crippen molar-refractivity contribution in [3.8, 4) is 0 Å². The smallest absolute Gasteiger partial charge is 0.0491 e. The van der Waals surface area contributed by atoms with E-state index in [2.05, 4.69) is 11.7 Å².